The van der Waals surface area contributed by atoms with Crippen LogP contribution in [-0.2, 0) is 0 Å². The van der Waals surface area contributed by atoms with Crippen LogP contribution in [0.5, 0.6) is 0 Å². The van der Waals surface area contributed by atoms with Crippen molar-refractivity contribution in [2.45, 2.75) is 0 Å². The summed E-state index contributed by atoms with van der Waals surface area (Å²) in [5, 5.41) is 4.74. The van der Waals surface area contributed by atoms with Crippen LogP contribution in [0, 0.1) is 0 Å². The molecule has 0 unspecified atom stereocenters. The number of pyridine rings is 1. The molecule has 0 aliphatic heterocycles. The Labute approximate surface area is 393 Å². The summed E-state index contributed by atoms with van der Waals surface area (Å²) >= 11 is 0. The van der Waals surface area contributed by atoms with E-state index in [2.05, 4.69) is 246 Å². The number of hydrogen-bond acceptors (Lipinski definition) is 3. The van der Waals surface area contributed by atoms with Crippen LogP contribution in [0.1, 0.15) is 0 Å². The maximum Gasteiger partial charge on any atom is 0.160 e. The topological polar surface area (TPSA) is 48.5 Å². The predicted octanol–water partition coefficient (Wildman–Crippen LogP) is 16.1. The number of hydrogen-bond donors (Lipinski definition) is 0. The molecule has 0 aliphatic rings. The van der Waals surface area contributed by atoms with Gasteiger partial charge in [0, 0.05) is 55.0 Å². The summed E-state index contributed by atoms with van der Waals surface area (Å²) in [4.78, 5) is 16.2. The highest BCUT2D eigenvalue weighted by Gasteiger charge is 2.22. The zero-order valence-corrected chi connectivity index (χ0v) is 36.9. The van der Waals surface area contributed by atoms with Crippen LogP contribution in [-0.4, -0.2) is 24.1 Å². The van der Waals surface area contributed by atoms with Crippen molar-refractivity contribution in [1.29, 1.82) is 0 Å². The minimum atomic E-state index is 0.637. The lowest BCUT2D eigenvalue weighted by Crippen LogP contribution is -2.01. The van der Waals surface area contributed by atoms with Crippen molar-refractivity contribution in [1.82, 2.24) is 24.1 Å². The second-order valence-corrected chi connectivity index (χ2v) is 17.2. The molecule has 0 atom stereocenters. The Morgan fingerprint density at radius 3 is 1.25 bits per heavy atom. The smallest absolute Gasteiger partial charge is 0.160 e. The molecule has 5 heteroatoms. The summed E-state index contributed by atoms with van der Waals surface area (Å²) in [6, 6.07) is 88.0. The van der Waals surface area contributed by atoms with Crippen LogP contribution in [0.3, 0.4) is 0 Å². The zero-order valence-electron chi connectivity index (χ0n) is 36.9. The van der Waals surface area contributed by atoms with Gasteiger partial charge in [0.2, 0.25) is 0 Å². The lowest BCUT2D eigenvalue weighted by atomic mass is 9.98. The highest BCUT2D eigenvalue weighted by Crippen LogP contribution is 2.43. The molecule has 318 valence electrons. The van der Waals surface area contributed by atoms with Crippen LogP contribution in [0.15, 0.2) is 249 Å². The van der Waals surface area contributed by atoms with Crippen LogP contribution in [0.25, 0.3) is 123 Å². The van der Waals surface area contributed by atoms with E-state index in [1.807, 2.05) is 12.1 Å². The van der Waals surface area contributed by atoms with E-state index in [0.29, 0.717) is 5.82 Å². The van der Waals surface area contributed by atoms with Crippen LogP contribution in [0.2, 0.25) is 0 Å². The number of rotatable bonds is 8. The van der Waals surface area contributed by atoms with E-state index in [1.54, 1.807) is 0 Å². The van der Waals surface area contributed by atoms with E-state index in [9.17, 15) is 0 Å². The zero-order chi connectivity index (χ0) is 45.0. The molecule has 13 rings (SSSR count). The molecule has 13 aromatic rings. The third kappa shape index (κ3) is 6.76. The van der Waals surface area contributed by atoms with Crippen molar-refractivity contribution in [3.05, 3.63) is 249 Å². The standard InChI is InChI=1S/C63H41N5/c1-6-20-42(21-7-1)47-37-54(43-22-8-2-9-23-43)64-57(38-47)53-36-46(63-65-55(44-24-10-3-11-25-44)41-56(66-63)45-26-12-4-13-27-45)34-35-60(53)68-59-33-19-17-31-50(59)52-39-61-51(40-62(52)68)49-30-16-18-32-58(49)67(61)48-28-14-5-15-29-48/h1-41H. The Bertz CT molecular complexity index is 3880. The fourth-order valence-corrected chi connectivity index (χ4v) is 9.93. The lowest BCUT2D eigenvalue weighted by Gasteiger charge is -2.17. The monoisotopic (exact) mass is 867 g/mol. The Kier molecular flexibility index (Phi) is 9.43. The molecular formula is C63H41N5. The van der Waals surface area contributed by atoms with Gasteiger partial charge in [-0.25, -0.2) is 15.0 Å². The van der Waals surface area contributed by atoms with E-state index in [1.165, 1.54) is 27.1 Å². The number of nitrogens with zero attached hydrogens (tertiary/aromatic N) is 5. The fraction of sp³-hybridized carbons (Fsp3) is 0. The molecule has 5 nitrogen and oxygen atoms in total. The molecule has 0 bridgehead atoms. The number of benzene rings is 9. The van der Waals surface area contributed by atoms with Crippen LogP contribution >= 0.6 is 0 Å². The highest BCUT2D eigenvalue weighted by atomic mass is 15.0. The first-order chi connectivity index (χ1) is 33.7. The molecule has 0 amide bonds. The van der Waals surface area contributed by atoms with E-state index < -0.39 is 0 Å². The van der Waals surface area contributed by atoms with Crippen molar-refractivity contribution in [3.8, 4) is 78.9 Å². The normalized spacial score (nSPS) is 11.5. The summed E-state index contributed by atoms with van der Waals surface area (Å²) in [5.74, 6) is 0.637. The first kappa shape index (κ1) is 39.2. The molecule has 0 saturated carbocycles. The van der Waals surface area contributed by atoms with Crippen LogP contribution < -0.4 is 0 Å². The minimum absolute atomic E-state index is 0.637. The van der Waals surface area contributed by atoms with Crippen molar-refractivity contribution in [2.24, 2.45) is 0 Å². The van der Waals surface area contributed by atoms with Gasteiger partial charge >= 0.3 is 0 Å². The molecular weight excluding hydrogens is 827 g/mol. The molecule has 0 N–H and O–H groups in total. The minimum Gasteiger partial charge on any atom is -0.309 e. The second kappa shape index (κ2) is 16.4. The Balaban J connectivity index is 1.12. The molecule has 0 radical (unpaired) electrons. The van der Waals surface area contributed by atoms with Gasteiger partial charge in [0.25, 0.3) is 0 Å². The van der Waals surface area contributed by atoms with Gasteiger partial charge < -0.3 is 9.13 Å². The average Bonchev–Trinajstić information content (AvgIpc) is 3.92. The third-order valence-electron chi connectivity index (χ3n) is 13.1. The third-order valence-corrected chi connectivity index (χ3v) is 13.1. The van der Waals surface area contributed by atoms with Crippen LogP contribution in [0.4, 0.5) is 0 Å². The van der Waals surface area contributed by atoms with Gasteiger partial charge in [-0.05, 0) is 83.9 Å². The molecule has 0 saturated heterocycles. The van der Waals surface area contributed by atoms with Gasteiger partial charge in [0.15, 0.2) is 5.82 Å². The number of para-hydroxylation sites is 3. The maximum atomic E-state index is 5.57. The van der Waals surface area contributed by atoms with E-state index >= 15 is 0 Å². The quantitative estimate of drug-likeness (QED) is 0.153. The van der Waals surface area contributed by atoms with E-state index in [-0.39, 0.29) is 0 Å². The molecule has 4 heterocycles. The van der Waals surface area contributed by atoms with Gasteiger partial charge in [-0.1, -0.05) is 176 Å². The molecule has 9 aromatic carbocycles. The van der Waals surface area contributed by atoms with Crippen molar-refractivity contribution < 1.29 is 0 Å². The lowest BCUT2D eigenvalue weighted by molar-refractivity contribution is 1.16. The summed E-state index contributed by atoms with van der Waals surface area (Å²) in [5.41, 5.74) is 17.3. The Morgan fingerprint density at radius 1 is 0.250 bits per heavy atom. The van der Waals surface area contributed by atoms with Gasteiger partial charge in [-0.15, -0.1) is 0 Å². The SMILES string of the molecule is c1ccc(-c2cc(-c3ccccc3)nc(-c3cc(-c4nc(-c5ccccc5)cc(-c5ccccc5)n4)ccc3-n3c4ccccc4c4cc5c(cc43)c3ccccc3n5-c3ccccc3)c2)cc1. The first-order valence-electron chi connectivity index (χ1n) is 23.0. The maximum absolute atomic E-state index is 5.57. The fourth-order valence-electron chi connectivity index (χ4n) is 9.93. The van der Waals surface area contributed by atoms with Gasteiger partial charge in [0.05, 0.1) is 50.5 Å². The average molecular weight is 868 g/mol. The second-order valence-electron chi connectivity index (χ2n) is 17.2. The molecule has 0 aliphatic carbocycles. The van der Waals surface area contributed by atoms with Gasteiger partial charge in [-0.3, -0.25) is 0 Å². The predicted molar refractivity (Wildman–Crippen MR) is 281 cm³/mol. The summed E-state index contributed by atoms with van der Waals surface area (Å²) in [7, 11) is 0. The number of fused-ring (bicyclic) bond motifs is 6. The highest BCUT2D eigenvalue weighted by molar-refractivity contribution is 6.19. The van der Waals surface area contributed by atoms with E-state index in [0.717, 1.165) is 89.6 Å². The summed E-state index contributed by atoms with van der Waals surface area (Å²) in [6.45, 7) is 0. The van der Waals surface area contributed by atoms with Crippen molar-refractivity contribution in [3.63, 3.8) is 0 Å². The summed E-state index contributed by atoms with van der Waals surface area (Å²) < 4.78 is 4.83. The van der Waals surface area contributed by atoms with Gasteiger partial charge in [0.1, 0.15) is 0 Å². The molecule has 0 fully saturated rings. The molecule has 0 spiro atoms. The largest absolute Gasteiger partial charge is 0.309 e. The van der Waals surface area contributed by atoms with Gasteiger partial charge in [-0.2, -0.15) is 0 Å². The number of aromatic nitrogens is 5. The Hall–Kier alpha value is -9.19. The molecule has 68 heavy (non-hydrogen) atoms. The summed E-state index contributed by atoms with van der Waals surface area (Å²) in [6.07, 6.45) is 0. The van der Waals surface area contributed by atoms with E-state index in [4.69, 9.17) is 15.0 Å². The Morgan fingerprint density at radius 2 is 0.691 bits per heavy atom. The molecule has 4 aromatic heterocycles. The van der Waals surface area contributed by atoms with Crippen molar-refractivity contribution >= 4 is 43.6 Å². The van der Waals surface area contributed by atoms with Crippen molar-refractivity contribution in [2.75, 3.05) is 0 Å². The first-order valence-corrected chi connectivity index (χ1v) is 23.0.